The quantitative estimate of drug-likeness (QED) is 0.740. The maximum absolute atomic E-state index is 9.45. The van der Waals surface area contributed by atoms with E-state index in [1.54, 1.807) is 0 Å². The Balaban J connectivity index is 0.000000774. The van der Waals surface area contributed by atoms with Crippen LogP contribution in [0.2, 0.25) is 0 Å². The summed E-state index contributed by atoms with van der Waals surface area (Å²) in [4.78, 5) is 0. The van der Waals surface area contributed by atoms with Crippen LogP contribution in [-0.4, -0.2) is 5.11 Å². The minimum atomic E-state index is 0.388. The van der Waals surface area contributed by atoms with Crippen LogP contribution in [0.1, 0.15) is 65.4 Å². The van der Waals surface area contributed by atoms with Gasteiger partial charge in [0.2, 0.25) is 0 Å². The van der Waals surface area contributed by atoms with Crippen molar-refractivity contribution in [3.63, 3.8) is 0 Å². The minimum absolute atomic E-state index is 0.388. The van der Waals surface area contributed by atoms with Gasteiger partial charge in [-0.3, -0.25) is 0 Å². The van der Waals surface area contributed by atoms with Crippen molar-refractivity contribution in [1.29, 1.82) is 0 Å². The Kier molecular flexibility index (Phi) is 5.35. The predicted octanol–water partition coefficient (Wildman–Crippen LogP) is 5.84. The highest BCUT2D eigenvalue weighted by molar-refractivity contribution is 5.30. The van der Waals surface area contributed by atoms with Crippen molar-refractivity contribution in [3.05, 3.63) is 29.8 Å². The van der Waals surface area contributed by atoms with E-state index in [-0.39, 0.29) is 0 Å². The van der Waals surface area contributed by atoms with E-state index < -0.39 is 0 Å². The number of hydrogen-bond acceptors (Lipinski definition) is 1. The Morgan fingerprint density at radius 2 is 1.71 bits per heavy atom. The van der Waals surface area contributed by atoms with E-state index in [1.807, 2.05) is 26.0 Å². The summed E-state index contributed by atoms with van der Waals surface area (Å²) in [6.07, 6.45) is 4.16. The molecule has 0 heterocycles. The van der Waals surface area contributed by atoms with Crippen LogP contribution in [0.5, 0.6) is 5.75 Å². The van der Waals surface area contributed by atoms with Crippen molar-refractivity contribution < 1.29 is 5.11 Å². The molecule has 2 fully saturated rings. The number of fused-ring (bicyclic) bond motifs is 2. The Bertz CT molecular complexity index is 434. The predicted molar refractivity (Wildman–Crippen MR) is 90.5 cm³/mol. The summed E-state index contributed by atoms with van der Waals surface area (Å²) in [5.74, 6) is 5.61. The molecule has 1 heteroatoms. The van der Waals surface area contributed by atoms with Gasteiger partial charge in [-0.1, -0.05) is 53.2 Å². The fourth-order valence-electron chi connectivity index (χ4n) is 5.22. The molecule has 3 rings (SSSR count). The third-order valence-electron chi connectivity index (χ3n) is 5.81. The lowest BCUT2D eigenvalue weighted by molar-refractivity contribution is 0.144. The van der Waals surface area contributed by atoms with E-state index >= 15 is 0 Å². The average molecular weight is 288 g/mol. The van der Waals surface area contributed by atoms with Crippen LogP contribution < -0.4 is 0 Å². The molecule has 5 atom stereocenters. The lowest BCUT2D eigenvalue weighted by atomic mass is 9.67. The molecule has 2 bridgehead atoms. The van der Waals surface area contributed by atoms with Gasteiger partial charge in [0.05, 0.1) is 0 Å². The molecule has 0 amide bonds. The fourth-order valence-corrected chi connectivity index (χ4v) is 5.22. The van der Waals surface area contributed by atoms with E-state index in [0.717, 1.165) is 35.5 Å². The Morgan fingerprint density at radius 1 is 1.10 bits per heavy atom. The maximum Gasteiger partial charge on any atom is 0.115 e. The van der Waals surface area contributed by atoms with E-state index in [9.17, 15) is 5.11 Å². The third kappa shape index (κ3) is 2.98. The molecule has 2 aliphatic carbocycles. The van der Waals surface area contributed by atoms with Gasteiger partial charge in [0.1, 0.15) is 5.75 Å². The molecule has 118 valence electrons. The molecular weight excluding hydrogens is 256 g/mol. The number of phenolic OH excluding ortho intramolecular Hbond substituents is 1. The lowest BCUT2D eigenvalue weighted by Gasteiger charge is -2.38. The van der Waals surface area contributed by atoms with Crippen LogP contribution in [0.15, 0.2) is 24.3 Å². The number of benzene rings is 1. The highest BCUT2D eigenvalue weighted by atomic mass is 16.3. The number of hydrogen-bond donors (Lipinski definition) is 1. The third-order valence-corrected chi connectivity index (χ3v) is 5.81. The summed E-state index contributed by atoms with van der Waals surface area (Å²) in [6, 6.07) is 7.98. The molecule has 0 spiro atoms. The molecule has 2 saturated carbocycles. The number of rotatable bonds is 3. The first-order valence-corrected chi connectivity index (χ1v) is 8.90. The van der Waals surface area contributed by atoms with Crippen molar-refractivity contribution >= 4 is 0 Å². The highest BCUT2D eigenvalue weighted by Gasteiger charge is 2.52. The summed E-state index contributed by atoms with van der Waals surface area (Å²) >= 11 is 0. The van der Waals surface area contributed by atoms with Crippen LogP contribution in [0.25, 0.3) is 0 Å². The van der Waals surface area contributed by atoms with E-state index in [2.05, 4.69) is 32.9 Å². The van der Waals surface area contributed by atoms with Crippen LogP contribution >= 0.6 is 0 Å². The summed E-state index contributed by atoms with van der Waals surface area (Å²) < 4.78 is 0. The second-order valence-corrected chi connectivity index (χ2v) is 6.99. The first-order chi connectivity index (χ1) is 10.1. The van der Waals surface area contributed by atoms with Crippen LogP contribution in [0, 0.1) is 29.6 Å². The van der Waals surface area contributed by atoms with Gasteiger partial charge in [-0.25, -0.2) is 0 Å². The lowest BCUT2D eigenvalue weighted by Crippen LogP contribution is -2.30. The number of phenols is 1. The van der Waals surface area contributed by atoms with Gasteiger partial charge in [0, 0.05) is 0 Å². The van der Waals surface area contributed by atoms with Crippen LogP contribution in [0.3, 0.4) is 0 Å². The zero-order valence-corrected chi connectivity index (χ0v) is 14.3. The van der Waals surface area contributed by atoms with Gasteiger partial charge in [-0.15, -0.1) is 0 Å². The first kappa shape index (κ1) is 16.4. The molecule has 1 nitrogen and oxygen atoms in total. The molecule has 0 aromatic heterocycles. The standard InChI is InChI=1S/C18H26O.C2H6/c1-4-15-13-9-16(12-5-7-14(19)8-6-12)17(10-13)18(15)11(2)3;1-2/h5-8,11,13,15-19H,4,9-10H2,1-3H3;1-2H3. The first-order valence-electron chi connectivity index (χ1n) is 8.90. The van der Waals surface area contributed by atoms with Crippen molar-refractivity contribution in [2.45, 2.75) is 59.8 Å². The summed E-state index contributed by atoms with van der Waals surface area (Å²) in [5, 5.41) is 9.45. The Hall–Kier alpha value is -0.980. The van der Waals surface area contributed by atoms with Gasteiger partial charge in [-0.05, 0) is 66.0 Å². The van der Waals surface area contributed by atoms with Gasteiger partial charge < -0.3 is 5.11 Å². The van der Waals surface area contributed by atoms with Crippen LogP contribution in [-0.2, 0) is 0 Å². The van der Waals surface area contributed by atoms with Crippen molar-refractivity contribution in [2.75, 3.05) is 0 Å². The smallest absolute Gasteiger partial charge is 0.115 e. The Morgan fingerprint density at radius 3 is 2.24 bits per heavy atom. The summed E-state index contributed by atoms with van der Waals surface area (Å²) in [5.41, 5.74) is 1.45. The van der Waals surface area contributed by atoms with Gasteiger partial charge in [-0.2, -0.15) is 0 Å². The molecule has 0 saturated heterocycles. The largest absolute Gasteiger partial charge is 0.508 e. The topological polar surface area (TPSA) is 20.2 Å². The zero-order valence-electron chi connectivity index (χ0n) is 14.3. The van der Waals surface area contributed by atoms with Crippen molar-refractivity contribution in [3.8, 4) is 5.75 Å². The number of aromatic hydroxyl groups is 1. The highest BCUT2D eigenvalue weighted by Crippen LogP contribution is 2.61. The molecule has 2 aliphatic rings. The summed E-state index contributed by atoms with van der Waals surface area (Å²) in [6.45, 7) is 11.2. The van der Waals surface area contributed by atoms with Crippen molar-refractivity contribution in [2.24, 2.45) is 29.6 Å². The SMILES string of the molecule is CC.CCC1C2CC(c3ccc(O)cc3)C(C2)C1C(C)C. The van der Waals surface area contributed by atoms with Crippen molar-refractivity contribution in [1.82, 2.24) is 0 Å². The molecule has 1 N–H and O–H groups in total. The minimum Gasteiger partial charge on any atom is -0.508 e. The second kappa shape index (κ2) is 6.85. The molecule has 0 aliphatic heterocycles. The van der Waals surface area contributed by atoms with Gasteiger partial charge in [0.15, 0.2) is 0 Å². The average Bonchev–Trinajstić information content (AvgIpc) is 3.07. The second-order valence-electron chi connectivity index (χ2n) is 6.99. The molecular formula is C20H32O. The Labute approximate surface area is 130 Å². The zero-order chi connectivity index (χ0) is 15.6. The van der Waals surface area contributed by atoms with Gasteiger partial charge >= 0.3 is 0 Å². The fraction of sp³-hybridized carbons (Fsp3) is 0.700. The van der Waals surface area contributed by atoms with Crippen LogP contribution in [0.4, 0.5) is 0 Å². The molecule has 1 aromatic carbocycles. The monoisotopic (exact) mass is 288 g/mol. The van der Waals surface area contributed by atoms with E-state index in [4.69, 9.17) is 0 Å². The summed E-state index contributed by atoms with van der Waals surface area (Å²) in [7, 11) is 0. The van der Waals surface area contributed by atoms with E-state index in [0.29, 0.717) is 5.75 Å². The molecule has 1 aromatic rings. The molecule has 0 radical (unpaired) electrons. The van der Waals surface area contributed by atoms with Gasteiger partial charge in [0.25, 0.3) is 0 Å². The van der Waals surface area contributed by atoms with E-state index in [1.165, 1.54) is 24.8 Å². The molecule has 5 unspecified atom stereocenters. The normalized spacial score (nSPS) is 33.9. The maximum atomic E-state index is 9.45. The molecule has 21 heavy (non-hydrogen) atoms.